The molecule has 0 spiro atoms. The smallest absolute Gasteiger partial charge is 0.0608 e. The molecular formula is C11H22O. The van der Waals surface area contributed by atoms with Gasteiger partial charge < -0.3 is 4.74 Å². The van der Waals surface area contributed by atoms with Crippen LogP contribution in [0.5, 0.6) is 0 Å². The Labute approximate surface area is 76.8 Å². The molecule has 1 rings (SSSR count). The summed E-state index contributed by atoms with van der Waals surface area (Å²) in [6.45, 7) is 6.22. The van der Waals surface area contributed by atoms with Gasteiger partial charge in [-0.05, 0) is 25.7 Å². The van der Waals surface area contributed by atoms with Crippen LogP contribution in [0, 0.1) is 0 Å². The SMILES string of the molecule is CC.CCC1=CCC(OC)CC1. The summed E-state index contributed by atoms with van der Waals surface area (Å²) in [4.78, 5) is 0. The predicted molar refractivity (Wildman–Crippen MR) is 54.4 cm³/mol. The average Bonchev–Trinajstić information content (AvgIpc) is 2.21. The molecule has 12 heavy (non-hydrogen) atoms. The van der Waals surface area contributed by atoms with Crippen LogP contribution < -0.4 is 0 Å². The van der Waals surface area contributed by atoms with Crippen LogP contribution in [0.25, 0.3) is 0 Å². The van der Waals surface area contributed by atoms with Crippen LogP contribution in [0.1, 0.15) is 46.5 Å². The molecule has 0 saturated heterocycles. The van der Waals surface area contributed by atoms with Gasteiger partial charge in [0.2, 0.25) is 0 Å². The van der Waals surface area contributed by atoms with Crippen LogP contribution in [0.4, 0.5) is 0 Å². The van der Waals surface area contributed by atoms with E-state index in [-0.39, 0.29) is 0 Å². The van der Waals surface area contributed by atoms with E-state index in [9.17, 15) is 0 Å². The molecule has 1 aliphatic carbocycles. The van der Waals surface area contributed by atoms with Crippen LogP contribution in [0.3, 0.4) is 0 Å². The molecule has 1 heteroatoms. The fourth-order valence-corrected chi connectivity index (χ4v) is 1.40. The average molecular weight is 170 g/mol. The molecule has 0 amide bonds. The molecule has 1 nitrogen and oxygen atoms in total. The van der Waals surface area contributed by atoms with Crippen molar-refractivity contribution in [1.82, 2.24) is 0 Å². The van der Waals surface area contributed by atoms with Crippen molar-refractivity contribution < 1.29 is 4.74 Å². The Morgan fingerprint density at radius 2 is 2.17 bits per heavy atom. The van der Waals surface area contributed by atoms with Gasteiger partial charge in [-0.25, -0.2) is 0 Å². The Bertz CT molecular complexity index is 127. The molecule has 0 N–H and O–H groups in total. The first-order valence-electron chi connectivity index (χ1n) is 5.07. The molecule has 1 atom stereocenters. The second-order valence-electron chi connectivity index (χ2n) is 2.85. The van der Waals surface area contributed by atoms with E-state index in [1.54, 1.807) is 12.7 Å². The highest BCUT2D eigenvalue weighted by atomic mass is 16.5. The van der Waals surface area contributed by atoms with Gasteiger partial charge in [0.05, 0.1) is 6.10 Å². The molecule has 0 fully saturated rings. The van der Waals surface area contributed by atoms with E-state index in [1.807, 2.05) is 13.8 Å². The molecule has 1 aliphatic rings. The Morgan fingerprint density at radius 1 is 1.50 bits per heavy atom. The van der Waals surface area contributed by atoms with Crippen molar-refractivity contribution in [2.24, 2.45) is 0 Å². The summed E-state index contributed by atoms with van der Waals surface area (Å²) < 4.78 is 5.24. The van der Waals surface area contributed by atoms with Crippen molar-refractivity contribution in [2.75, 3.05) is 7.11 Å². The molecule has 72 valence electrons. The summed E-state index contributed by atoms with van der Waals surface area (Å²) in [5.74, 6) is 0. The predicted octanol–water partition coefficient (Wildman–Crippen LogP) is 3.55. The van der Waals surface area contributed by atoms with Crippen LogP contribution >= 0.6 is 0 Å². The standard InChI is InChI=1S/C9H16O.C2H6/c1-3-8-4-6-9(10-2)7-5-8;1-2/h4,9H,3,5-7H2,1-2H3;1-2H3. The maximum atomic E-state index is 5.24. The van der Waals surface area contributed by atoms with E-state index in [0.717, 1.165) is 6.42 Å². The zero-order valence-corrected chi connectivity index (χ0v) is 8.89. The highest BCUT2D eigenvalue weighted by Gasteiger charge is 2.11. The number of ether oxygens (including phenoxy) is 1. The zero-order valence-electron chi connectivity index (χ0n) is 8.89. The molecule has 1 unspecified atom stereocenters. The molecular weight excluding hydrogens is 148 g/mol. The summed E-state index contributed by atoms with van der Waals surface area (Å²) >= 11 is 0. The fraction of sp³-hybridized carbons (Fsp3) is 0.818. The summed E-state index contributed by atoms with van der Waals surface area (Å²) in [7, 11) is 1.80. The maximum Gasteiger partial charge on any atom is 0.0608 e. The number of methoxy groups -OCH3 is 1. The molecule has 0 saturated carbocycles. The Morgan fingerprint density at radius 3 is 2.50 bits per heavy atom. The van der Waals surface area contributed by atoms with Gasteiger partial charge in [0.1, 0.15) is 0 Å². The van der Waals surface area contributed by atoms with E-state index in [4.69, 9.17) is 4.74 Å². The van der Waals surface area contributed by atoms with Gasteiger partial charge in [-0.1, -0.05) is 32.4 Å². The topological polar surface area (TPSA) is 9.23 Å². The van der Waals surface area contributed by atoms with E-state index >= 15 is 0 Å². The number of hydrogen-bond acceptors (Lipinski definition) is 1. The van der Waals surface area contributed by atoms with Crippen molar-refractivity contribution in [3.63, 3.8) is 0 Å². The van der Waals surface area contributed by atoms with Crippen molar-refractivity contribution in [1.29, 1.82) is 0 Å². The molecule has 0 aromatic heterocycles. The fourth-order valence-electron chi connectivity index (χ4n) is 1.40. The lowest BCUT2D eigenvalue weighted by Crippen LogP contribution is -2.13. The van der Waals surface area contributed by atoms with E-state index in [2.05, 4.69) is 13.0 Å². The van der Waals surface area contributed by atoms with Gasteiger partial charge in [-0.2, -0.15) is 0 Å². The number of rotatable bonds is 2. The highest BCUT2D eigenvalue weighted by molar-refractivity contribution is 5.05. The van der Waals surface area contributed by atoms with Gasteiger partial charge in [0, 0.05) is 7.11 Å². The van der Waals surface area contributed by atoms with Crippen LogP contribution in [-0.2, 0) is 4.74 Å². The Balaban J connectivity index is 0.000000561. The summed E-state index contributed by atoms with van der Waals surface area (Å²) in [5.41, 5.74) is 1.60. The van der Waals surface area contributed by atoms with Crippen molar-refractivity contribution in [3.8, 4) is 0 Å². The van der Waals surface area contributed by atoms with Crippen molar-refractivity contribution in [2.45, 2.75) is 52.6 Å². The van der Waals surface area contributed by atoms with Crippen molar-refractivity contribution in [3.05, 3.63) is 11.6 Å². The van der Waals surface area contributed by atoms with Crippen LogP contribution in [0.15, 0.2) is 11.6 Å². The van der Waals surface area contributed by atoms with Gasteiger partial charge in [0.25, 0.3) is 0 Å². The molecule has 0 aromatic carbocycles. The van der Waals surface area contributed by atoms with Gasteiger partial charge >= 0.3 is 0 Å². The normalized spacial score (nSPS) is 22.3. The van der Waals surface area contributed by atoms with Gasteiger partial charge in [0.15, 0.2) is 0 Å². The zero-order chi connectivity index (χ0) is 9.40. The quantitative estimate of drug-likeness (QED) is 0.576. The van der Waals surface area contributed by atoms with Crippen molar-refractivity contribution >= 4 is 0 Å². The highest BCUT2D eigenvalue weighted by Crippen LogP contribution is 2.21. The first kappa shape index (κ1) is 11.7. The molecule has 0 aromatic rings. The number of allylic oxidation sites excluding steroid dienone is 1. The Kier molecular flexibility index (Phi) is 7.17. The van der Waals surface area contributed by atoms with Gasteiger partial charge in [-0.3, -0.25) is 0 Å². The third kappa shape index (κ3) is 3.91. The molecule has 0 heterocycles. The summed E-state index contributed by atoms with van der Waals surface area (Å²) in [6, 6.07) is 0. The molecule has 0 radical (unpaired) electrons. The lowest BCUT2D eigenvalue weighted by atomic mass is 9.96. The van der Waals surface area contributed by atoms with Crippen LogP contribution in [-0.4, -0.2) is 13.2 Å². The minimum absolute atomic E-state index is 0.496. The third-order valence-corrected chi connectivity index (χ3v) is 2.24. The minimum atomic E-state index is 0.496. The molecule has 0 aliphatic heterocycles. The third-order valence-electron chi connectivity index (χ3n) is 2.24. The minimum Gasteiger partial charge on any atom is -0.381 e. The lowest BCUT2D eigenvalue weighted by Gasteiger charge is -2.19. The first-order chi connectivity index (χ1) is 5.86. The second-order valence-corrected chi connectivity index (χ2v) is 2.85. The van der Waals surface area contributed by atoms with Crippen LogP contribution in [0.2, 0.25) is 0 Å². The van der Waals surface area contributed by atoms with E-state index in [0.29, 0.717) is 6.10 Å². The van der Waals surface area contributed by atoms with E-state index in [1.165, 1.54) is 19.3 Å². The molecule has 0 bridgehead atoms. The van der Waals surface area contributed by atoms with E-state index < -0.39 is 0 Å². The number of hydrogen-bond donors (Lipinski definition) is 0. The first-order valence-corrected chi connectivity index (χ1v) is 5.07. The lowest BCUT2D eigenvalue weighted by molar-refractivity contribution is 0.0937. The monoisotopic (exact) mass is 170 g/mol. The van der Waals surface area contributed by atoms with Gasteiger partial charge in [-0.15, -0.1) is 0 Å². The maximum absolute atomic E-state index is 5.24. The largest absolute Gasteiger partial charge is 0.381 e. The second kappa shape index (κ2) is 7.35. The summed E-state index contributed by atoms with van der Waals surface area (Å²) in [5, 5.41) is 0. The summed E-state index contributed by atoms with van der Waals surface area (Å²) in [6.07, 6.45) is 7.63. The Hall–Kier alpha value is -0.300.